The molecule has 1 aromatic heterocycles. The van der Waals surface area contributed by atoms with Crippen molar-refractivity contribution in [2.24, 2.45) is 0 Å². The number of nitriles is 1. The molecule has 0 amide bonds. The Labute approximate surface area is 274 Å². The van der Waals surface area contributed by atoms with E-state index in [1.54, 1.807) is 0 Å². The second-order valence-electron chi connectivity index (χ2n) is 12.5. The zero-order chi connectivity index (χ0) is 32.0. The molecule has 8 rings (SSSR count). The Morgan fingerprint density at radius 2 is 0.872 bits per heavy atom. The summed E-state index contributed by atoms with van der Waals surface area (Å²) < 4.78 is 0. The lowest BCUT2D eigenvalue weighted by atomic mass is 9.81. The van der Waals surface area contributed by atoms with Crippen LogP contribution in [0.15, 0.2) is 146 Å². The van der Waals surface area contributed by atoms with E-state index in [1.165, 1.54) is 33.4 Å². The highest BCUT2D eigenvalue weighted by atomic mass is 15.0. The van der Waals surface area contributed by atoms with Gasteiger partial charge in [-0.2, -0.15) is 5.26 Å². The molecule has 0 N–H and O–H groups in total. The first-order chi connectivity index (χ1) is 23.0. The summed E-state index contributed by atoms with van der Waals surface area (Å²) in [4.78, 5) is 14.5. The van der Waals surface area contributed by atoms with Gasteiger partial charge in [-0.15, -0.1) is 0 Å². The van der Waals surface area contributed by atoms with Crippen LogP contribution in [-0.4, -0.2) is 15.0 Å². The number of nitrogens with zero attached hydrogens (tertiary/aromatic N) is 4. The molecule has 0 aliphatic heterocycles. The normalized spacial score (nSPS) is 12.6. The highest BCUT2D eigenvalue weighted by Crippen LogP contribution is 2.50. The second-order valence-corrected chi connectivity index (χ2v) is 12.5. The highest BCUT2D eigenvalue weighted by molar-refractivity contribution is 5.84. The molecule has 0 saturated carbocycles. The fourth-order valence-corrected chi connectivity index (χ4v) is 6.61. The molecule has 4 nitrogen and oxygen atoms in total. The fraction of sp³-hybridized carbons (Fsp3) is 0.0698. The van der Waals surface area contributed by atoms with Crippen LogP contribution in [0.3, 0.4) is 0 Å². The first kappa shape index (κ1) is 28.3. The van der Waals surface area contributed by atoms with E-state index < -0.39 is 0 Å². The van der Waals surface area contributed by atoms with Gasteiger partial charge in [-0.05, 0) is 62.7 Å². The topological polar surface area (TPSA) is 62.5 Å². The molecule has 0 bridgehead atoms. The Bertz CT molecular complexity index is 2240. The number of benzene rings is 6. The standard InChI is InChI=1S/C43H30N4/c1-43(2)38-24-13-28(27-44)25-37(38)36-23-22-35(26-39(36)43)31-16-14-29(15-17-31)30-18-20-34(21-19-30)42-46-40(32-9-5-3-6-10-32)45-41(47-42)33-11-7-4-8-12-33/h3-26H,1-2H3. The number of fused-ring (bicyclic) bond motifs is 3. The van der Waals surface area contributed by atoms with Crippen LogP contribution in [-0.2, 0) is 5.41 Å². The van der Waals surface area contributed by atoms with Gasteiger partial charge < -0.3 is 0 Å². The maximum absolute atomic E-state index is 9.45. The molecule has 0 radical (unpaired) electrons. The minimum Gasteiger partial charge on any atom is -0.208 e. The number of hydrogen-bond donors (Lipinski definition) is 0. The maximum Gasteiger partial charge on any atom is 0.164 e. The molecule has 0 spiro atoms. The van der Waals surface area contributed by atoms with Crippen molar-refractivity contribution in [1.29, 1.82) is 5.26 Å². The van der Waals surface area contributed by atoms with Crippen molar-refractivity contribution in [3.8, 4) is 73.6 Å². The van der Waals surface area contributed by atoms with Gasteiger partial charge in [0.2, 0.25) is 0 Å². The predicted molar refractivity (Wildman–Crippen MR) is 189 cm³/mol. The lowest BCUT2D eigenvalue weighted by Crippen LogP contribution is -2.15. The molecule has 0 fully saturated rings. The minimum absolute atomic E-state index is 0.126. The Morgan fingerprint density at radius 1 is 0.426 bits per heavy atom. The third-order valence-electron chi connectivity index (χ3n) is 9.20. The summed E-state index contributed by atoms with van der Waals surface area (Å²) in [5.74, 6) is 1.95. The molecular weight excluding hydrogens is 573 g/mol. The van der Waals surface area contributed by atoms with Crippen LogP contribution in [0.1, 0.15) is 30.5 Å². The van der Waals surface area contributed by atoms with Crippen molar-refractivity contribution < 1.29 is 0 Å². The lowest BCUT2D eigenvalue weighted by Gasteiger charge is -2.22. The van der Waals surface area contributed by atoms with Gasteiger partial charge in [0.15, 0.2) is 17.5 Å². The van der Waals surface area contributed by atoms with Crippen LogP contribution < -0.4 is 0 Å². The van der Waals surface area contributed by atoms with Gasteiger partial charge in [0.25, 0.3) is 0 Å². The number of aromatic nitrogens is 3. The number of hydrogen-bond acceptors (Lipinski definition) is 4. The fourth-order valence-electron chi connectivity index (χ4n) is 6.61. The quantitative estimate of drug-likeness (QED) is 0.197. The average Bonchev–Trinajstić information content (AvgIpc) is 3.37. The Balaban J connectivity index is 1.08. The Morgan fingerprint density at radius 3 is 1.38 bits per heavy atom. The maximum atomic E-state index is 9.45. The first-order valence-electron chi connectivity index (χ1n) is 15.8. The van der Waals surface area contributed by atoms with Gasteiger partial charge >= 0.3 is 0 Å². The van der Waals surface area contributed by atoms with Gasteiger partial charge in [0.1, 0.15) is 0 Å². The summed E-state index contributed by atoms with van der Waals surface area (Å²) in [5, 5.41) is 9.45. The van der Waals surface area contributed by atoms with Crippen molar-refractivity contribution in [1.82, 2.24) is 15.0 Å². The molecule has 4 heteroatoms. The van der Waals surface area contributed by atoms with Crippen LogP contribution in [0.5, 0.6) is 0 Å². The second kappa shape index (κ2) is 11.3. The summed E-state index contributed by atoms with van der Waals surface area (Å²) in [6.45, 7) is 4.53. The largest absolute Gasteiger partial charge is 0.208 e. The molecule has 1 aliphatic carbocycles. The summed E-state index contributed by atoms with van der Waals surface area (Å²) in [7, 11) is 0. The summed E-state index contributed by atoms with van der Waals surface area (Å²) >= 11 is 0. The molecule has 0 saturated heterocycles. The van der Waals surface area contributed by atoms with E-state index in [4.69, 9.17) is 15.0 Å². The zero-order valence-corrected chi connectivity index (χ0v) is 26.1. The van der Waals surface area contributed by atoms with E-state index in [2.05, 4.69) is 92.7 Å². The smallest absolute Gasteiger partial charge is 0.164 e. The van der Waals surface area contributed by atoms with Gasteiger partial charge in [-0.3, -0.25) is 0 Å². The van der Waals surface area contributed by atoms with E-state index in [0.29, 0.717) is 23.0 Å². The van der Waals surface area contributed by atoms with Crippen molar-refractivity contribution in [2.45, 2.75) is 19.3 Å². The summed E-state index contributed by atoms with van der Waals surface area (Å²) in [6.07, 6.45) is 0. The van der Waals surface area contributed by atoms with E-state index in [9.17, 15) is 5.26 Å². The summed E-state index contributed by atoms with van der Waals surface area (Å²) in [5.41, 5.74) is 13.0. The molecular formula is C43H30N4. The third-order valence-corrected chi connectivity index (χ3v) is 9.20. The van der Waals surface area contributed by atoms with Crippen molar-refractivity contribution in [3.63, 3.8) is 0 Å². The molecule has 6 aromatic carbocycles. The van der Waals surface area contributed by atoms with Gasteiger partial charge in [0, 0.05) is 22.1 Å². The van der Waals surface area contributed by atoms with Crippen molar-refractivity contribution >= 4 is 0 Å². The molecule has 222 valence electrons. The molecule has 0 unspecified atom stereocenters. The van der Waals surface area contributed by atoms with E-state index in [1.807, 2.05) is 72.8 Å². The van der Waals surface area contributed by atoms with Crippen LogP contribution in [0.25, 0.3) is 67.5 Å². The van der Waals surface area contributed by atoms with E-state index in [0.717, 1.165) is 27.8 Å². The van der Waals surface area contributed by atoms with Crippen LogP contribution >= 0.6 is 0 Å². The van der Waals surface area contributed by atoms with Gasteiger partial charge in [0.05, 0.1) is 11.6 Å². The Kier molecular flexibility index (Phi) is 6.82. The zero-order valence-electron chi connectivity index (χ0n) is 26.1. The number of rotatable bonds is 5. The van der Waals surface area contributed by atoms with E-state index in [-0.39, 0.29) is 5.41 Å². The molecule has 1 heterocycles. The van der Waals surface area contributed by atoms with Crippen LogP contribution in [0.2, 0.25) is 0 Å². The molecule has 7 aromatic rings. The third kappa shape index (κ3) is 5.09. The highest BCUT2D eigenvalue weighted by Gasteiger charge is 2.35. The van der Waals surface area contributed by atoms with Gasteiger partial charge in [-0.25, -0.2) is 15.0 Å². The SMILES string of the molecule is CC1(C)c2ccc(C#N)cc2-c2ccc(-c3ccc(-c4ccc(-c5nc(-c6ccccc6)nc(-c6ccccc6)n5)cc4)cc3)cc21. The molecule has 47 heavy (non-hydrogen) atoms. The van der Waals surface area contributed by atoms with Crippen molar-refractivity contribution in [2.75, 3.05) is 0 Å². The Hall–Kier alpha value is -6.18. The monoisotopic (exact) mass is 602 g/mol. The summed E-state index contributed by atoms with van der Waals surface area (Å²) in [6, 6.07) is 52.3. The molecule has 0 atom stereocenters. The van der Waals surface area contributed by atoms with Crippen LogP contribution in [0, 0.1) is 11.3 Å². The van der Waals surface area contributed by atoms with Crippen LogP contribution in [0.4, 0.5) is 0 Å². The lowest BCUT2D eigenvalue weighted by molar-refractivity contribution is 0.660. The van der Waals surface area contributed by atoms with E-state index >= 15 is 0 Å². The minimum atomic E-state index is -0.126. The van der Waals surface area contributed by atoms with Gasteiger partial charge in [-0.1, -0.05) is 141 Å². The predicted octanol–water partition coefficient (Wildman–Crippen LogP) is 10.4. The average molecular weight is 603 g/mol. The first-order valence-corrected chi connectivity index (χ1v) is 15.8. The van der Waals surface area contributed by atoms with Crippen molar-refractivity contribution in [3.05, 3.63) is 162 Å². The molecule has 1 aliphatic rings.